The van der Waals surface area contributed by atoms with Crippen LogP contribution in [0.2, 0.25) is 0 Å². The van der Waals surface area contributed by atoms with Gasteiger partial charge in [0.15, 0.2) is 0 Å². The molecule has 0 heterocycles. The monoisotopic (exact) mass is 540 g/mol. The second-order valence-electron chi connectivity index (χ2n) is 12.5. The molecule has 0 unspecified atom stereocenters. The third-order valence-corrected chi connectivity index (χ3v) is 8.56. The van der Waals surface area contributed by atoms with E-state index in [-0.39, 0.29) is 6.61 Å². The van der Waals surface area contributed by atoms with Crippen molar-refractivity contribution in [3.8, 4) is 0 Å². The summed E-state index contributed by atoms with van der Waals surface area (Å²) in [5, 5.41) is 18.7. The van der Waals surface area contributed by atoms with Crippen LogP contribution in [0.3, 0.4) is 0 Å². The summed E-state index contributed by atoms with van der Waals surface area (Å²) < 4.78 is 0. The predicted octanol–water partition coefficient (Wildman–Crippen LogP) is 10.8. The molecule has 0 rings (SSSR count). The molecule has 2 atom stereocenters. The minimum Gasteiger partial charge on any atom is -0.395 e. The first-order valence-electron chi connectivity index (χ1n) is 17.8. The lowest BCUT2D eigenvalue weighted by molar-refractivity contribution is 0.0990. The summed E-state index contributed by atoms with van der Waals surface area (Å²) in [5.74, 6) is 0. The first-order valence-corrected chi connectivity index (χ1v) is 17.8. The second-order valence-corrected chi connectivity index (χ2v) is 12.5. The smallest absolute Gasteiger partial charge is 0.0713 e. The zero-order chi connectivity index (χ0) is 27.8. The average molecular weight is 540 g/mol. The van der Waals surface area contributed by atoms with Crippen LogP contribution in [0.15, 0.2) is 0 Å². The van der Waals surface area contributed by atoms with E-state index in [9.17, 15) is 5.11 Å². The third-order valence-electron chi connectivity index (χ3n) is 8.56. The van der Waals surface area contributed by atoms with Gasteiger partial charge in [0.05, 0.1) is 18.8 Å². The number of aliphatic hydroxyl groups is 2. The molecule has 0 aromatic carbocycles. The van der Waals surface area contributed by atoms with Crippen molar-refractivity contribution in [3.05, 3.63) is 0 Å². The van der Waals surface area contributed by atoms with Crippen molar-refractivity contribution >= 4 is 0 Å². The molecule has 0 bridgehead atoms. The Morgan fingerprint density at radius 1 is 0.395 bits per heavy atom. The molecule has 0 saturated heterocycles. The molecular formula is C35H73NO2. The van der Waals surface area contributed by atoms with Crippen molar-refractivity contribution in [1.29, 1.82) is 0 Å². The predicted molar refractivity (Wildman–Crippen MR) is 170 cm³/mol. The molecule has 38 heavy (non-hydrogen) atoms. The second kappa shape index (κ2) is 33.1. The Morgan fingerprint density at radius 2 is 0.605 bits per heavy atom. The van der Waals surface area contributed by atoms with Crippen LogP contribution in [-0.4, -0.2) is 29.0 Å². The number of nitrogens with two attached hydrogens (primary N) is 1. The average Bonchev–Trinajstić information content (AvgIpc) is 2.93. The van der Waals surface area contributed by atoms with E-state index in [0.717, 1.165) is 12.8 Å². The molecule has 0 amide bonds. The Kier molecular flexibility index (Phi) is 33.0. The molecule has 0 aromatic rings. The van der Waals surface area contributed by atoms with Gasteiger partial charge in [-0.1, -0.05) is 200 Å². The molecule has 3 nitrogen and oxygen atoms in total. The SMILES string of the molecule is CCCCCCCCCCCCCCCCCCCCCCCCCCCCCCCC[C@@H](O)[C@@H](N)CO. The van der Waals surface area contributed by atoms with Crippen molar-refractivity contribution in [2.45, 2.75) is 218 Å². The summed E-state index contributed by atoms with van der Waals surface area (Å²) in [6.07, 6.45) is 42.7. The normalized spacial score (nSPS) is 13.3. The summed E-state index contributed by atoms with van der Waals surface area (Å²) in [6.45, 7) is 2.18. The van der Waals surface area contributed by atoms with Gasteiger partial charge < -0.3 is 15.9 Å². The van der Waals surface area contributed by atoms with Gasteiger partial charge in [-0.2, -0.15) is 0 Å². The van der Waals surface area contributed by atoms with E-state index in [2.05, 4.69) is 6.92 Å². The van der Waals surface area contributed by atoms with E-state index in [1.165, 1.54) is 186 Å². The highest BCUT2D eigenvalue weighted by Gasteiger charge is 2.12. The van der Waals surface area contributed by atoms with Crippen LogP contribution in [0.1, 0.15) is 206 Å². The van der Waals surface area contributed by atoms with E-state index >= 15 is 0 Å². The van der Waals surface area contributed by atoms with Gasteiger partial charge in [0.2, 0.25) is 0 Å². The van der Waals surface area contributed by atoms with Gasteiger partial charge in [-0.3, -0.25) is 0 Å². The van der Waals surface area contributed by atoms with E-state index in [1.54, 1.807) is 0 Å². The van der Waals surface area contributed by atoms with Crippen molar-refractivity contribution in [2.75, 3.05) is 6.61 Å². The third kappa shape index (κ3) is 30.4. The maximum Gasteiger partial charge on any atom is 0.0713 e. The van der Waals surface area contributed by atoms with Gasteiger partial charge in [0.1, 0.15) is 0 Å². The van der Waals surface area contributed by atoms with E-state index in [1.807, 2.05) is 0 Å². The zero-order valence-electron chi connectivity index (χ0n) is 26.3. The highest BCUT2D eigenvalue weighted by atomic mass is 16.3. The maximum atomic E-state index is 9.74. The van der Waals surface area contributed by atoms with Crippen molar-refractivity contribution in [1.82, 2.24) is 0 Å². The minimum absolute atomic E-state index is 0.124. The lowest BCUT2D eigenvalue weighted by Crippen LogP contribution is -2.37. The van der Waals surface area contributed by atoms with E-state index < -0.39 is 12.1 Å². The lowest BCUT2D eigenvalue weighted by atomic mass is 10.0. The number of hydrogen-bond acceptors (Lipinski definition) is 3. The van der Waals surface area contributed by atoms with Gasteiger partial charge in [0, 0.05) is 0 Å². The van der Waals surface area contributed by atoms with Crippen LogP contribution in [-0.2, 0) is 0 Å². The van der Waals surface area contributed by atoms with Gasteiger partial charge >= 0.3 is 0 Å². The maximum absolute atomic E-state index is 9.74. The quantitative estimate of drug-likeness (QED) is 0.0726. The largest absolute Gasteiger partial charge is 0.395 e. The fourth-order valence-corrected chi connectivity index (χ4v) is 5.71. The summed E-state index contributed by atoms with van der Waals surface area (Å²) in [5.41, 5.74) is 5.63. The van der Waals surface area contributed by atoms with E-state index in [4.69, 9.17) is 10.8 Å². The van der Waals surface area contributed by atoms with Crippen LogP contribution >= 0.6 is 0 Å². The summed E-state index contributed by atoms with van der Waals surface area (Å²) in [6, 6.07) is -0.473. The molecule has 0 aromatic heterocycles. The van der Waals surface area contributed by atoms with Gasteiger partial charge in [-0.05, 0) is 6.42 Å². The summed E-state index contributed by atoms with van der Waals surface area (Å²) in [4.78, 5) is 0. The Bertz CT molecular complexity index is 417. The Labute approximate surface area is 240 Å². The standard InChI is InChI=1S/C35H73NO2/c1-2-3-4-5-6-7-8-9-10-11-12-13-14-15-16-17-18-19-20-21-22-23-24-25-26-27-28-29-30-31-32-35(38)34(36)33-37/h34-35,37-38H,2-33,36H2,1H3/t34-,35+/m0/s1. The first-order chi connectivity index (χ1) is 18.7. The molecule has 0 radical (unpaired) electrons. The van der Waals surface area contributed by atoms with Crippen LogP contribution in [0, 0.1) is 0 Å². The summed E-state index contributed by atoms with van der Waals surface area (Å²) in [7, 11) is 0. The van der Waals surface area contributed by atoms with E-state index in [0.29, 0.717) is 0 Å². The van der Waals surface area contributed by atoms with Gasteiger partial charge in [-0.15, -0.1) is 0 Å². The number of hydrogen-bond donors (Lipinski definition) is 3. The Morgan fingerprint density at radius 3 is 0.816 bits per heavy atom. The molecule has 0 aliphatic carbocycles. The molecule has 3 heteroatoms. The number of aliphatic hydroxyl groups excluding tert-OH is 2. The van der Waals surface area contributed by atoms with Crippen molar-refractivity contribution < 1.29 is 10.2 Å². The summed E-state index contributed by atoms with van der Waals surface area (Å²) >= 11 is 0. The first kappa shape index (κ1) is 37.9. The number of rotatable bonds is 33. The Hall–Kier alpha value is -0.120. The number of unbranched alkanes of at least 4 members (excludes halogenated alkanes) is 29. The molecular weight excluding hydrogens is 466 g/mol. The zero-order valence-corrected chi connectivity index (χ0v) is 26.3. The Balaban J connectivity index is 3.07. The fourth-order valence-electron chi connectivity index (χ4n) is 5.71. The van der Waals surface area contributed by atoms with Crippen molar-refractivity contribution in [3.63, 3.8) is 0 Å². The molecule has 0 spiro atoms. The molecule has 0 aliphatic heterocycles. The highest BCUT2D eigenvalue weighted by molar-refractivity contribution is 4.70. The lowest BCUT2D eigenvalue weighted by Gasteiger charge is -2.15. The van der Waals surface area contributed by atoms with Gasteiger partial charge in [0.25, 0.3) is 0 Å². The topological polar surface area (TPSA) is 66.5 Å². The molecule has 0 aliphatic rings. The molecule has 230 valence electrons. The van der Waals surface area contributed by atoms with Gasteiger partial charge in [-0.25, -0.2) is 0 Å². The minimum atomic E-state index is -0.543. The van der Waals surface area contributed by atoms with Crippen LogP contribution in [0.4, 0.5) is 0 Å². The van der Waals surface area contributed by atoms with Crippen molar-refractivity contribution in [2.24, 2.45) is 5.73 Å². The van der Waals surface area contributed by atoms with Crippen LogP contribution in [0.5, 0.6) is 0 Å². The van der Waals surface area contributed by atoms with Crippen LogP contribution in [0.25, 0.3) is 0 Å². The van der Waals surface area contributed by atoms with Crippen LogP contribution < -0.4 is 5.73 Å². The molecule has 0 fully saturated rings. The molecule has 4 N–H and O–H groups in total. The highest BCUT2D eigenvalue weighted by Crippen LogP contribution is 2.17. The fraction of sp³-hybridized carbons (Fsp3) is 1.00. The molecule has 0 saturated carbocycles.